The lowest BCUT2D eigenvalue weighted by Gasteiger charge is -2.37. The van der Waals surface area contributed by atoms with Gasteiger partial charge in [0.2, 0.25) is 5.91 Å². The molecule has 1 saturated carbocycles. The maximum Gasteiger partial charge on any atom is 0.228 e. The van der Waals surface area contributed by atoms with Crippen LogP contribution in [0.1, 0.15) is 48.2 Å². The fraction of sp³-hybridized carbons (Fsp3) is 0.545. The number of carbonyl (C=O) groups excluding carboxylic acids is 1. The van der Waals surface area contributed by atoms with Crippen molar-refractivity contribution >= 4 is 5.91 Å². The van der Waals surface area contributed by atoms with Gasteiger partial charge in [-0.2, -0.15) is 5.10 Å². The maximum atomic E-state index is 13.1. The van der Waals surface area contributed by atoms with Crippen LogP contribution >= 0.6 is 0 Å². The number of fused-ring (bicyclic) bond motifs is 1. The monoisotopic (exact) mass is 366 g/mol. The summed E-state index contributed by atoms with van der Waals surface area (Å²) >= 11 is 0. The van der Waals surface area contributed by atoms with Gasteiger partial charge in [0.25, 0.3) is 0 Å². The van der Waals surface area contributed by atoms with Crippen molar-refractivity contribution in [3.8, 4) is 0 Å². The van der Waals surface area contributed by atoms with E-state index in [1.54, 1.807) is 0 Å². The molecule has 2 fully saturated rings. The molecule has 0 unspecified atom stereocenters. The Kier molecular flexibility index (Phi) is 5.04. The predicted molar refractivity (Wildman–Crippen MR) is 106 cm³/mol. The van der Waals surface area contributed by atoms with E-state index in [1.807, 2.05) is 17.7 Å². The van der Waals surface area contributed by atoms with Crippen molar-refractivity contribution in [2.45, 2.75) is 52.6 Å². The molecule has 0 spiro atoms. The molecule has 1 aliphatic heterocycles. The maximum absolute atomic E-state index is 13.1. The molecule has 1 aliphatic carbocycles. The van der Waals surface area contributed by atoms with E-state index in [0.717, 1.165) is 43.0 Å². The Morgan fingerprint density at radius 1 is 1.30 bits per heavy atom. The minimum Gasteiger partial charge on any atom is -0.351 e. The van der Waals surface area contributed by atoms with Gasteiger partial charge < -0.3 is 10.6 Å². The second-order valence-corrected chi connectivity index (χ2v) is 8.21. The summed E-state index contributed by atoms with van der Waals surface area (Å²) in [5.74, 6) is 0.723. The molecule has 2 N–H and O–H groups in total. The van der Waals surface area contributed by atoms with Crippen molar-refractivity contribution in [2.24, 2.45) is 11.3 Å². The molecule has 2 atom stereocenters. The quantitative estimate of drug-likeness (QED) is 0.855. The third-order valence-electron chi connectivity index (χ3n) is 6.62. The Bertz CT molecular complexity index is 813. The number of hydrogen-bond donors (Lipinski definition) is 2. The molecule has 1 aromatic carbocycles. The van der Waals surface area contributed by atoms with Gasteiger partial charge in [-0.15, -0.1) is 0 Å². The lowest BCUT2D eigenvalue weighted by Crippen LogP contribution is -2.47. The third kappa shape index (κ3) is 3.41. The number of aryl methyl sites for hydroxylation is 1. The van der Waals surface area contributed by atoms with Gasteiger partial charge >= 0.3 is 0 Å². The SMILES string of the molecule is Cc1nn(Cc2ccccc2)c(C)c1CNC(=O)[C@@]12CCCC[C@H]1CNC2. The molecule has 4 rings (SSSR count). The number of benzene rings is 1. The predicted octanol–water partition coefficient (Wildman–Crippen LogP) is 2.94. The van der Waals surface area contributed by atoms with E-state index in [0.29, 0.717) is 12.5 Å². The van der Waals surface area contributed by atoms with Gasteiger partial charge in [0, 0.05) is 24.3 Å². The van der Waals surface area contributed by atoms with E-state index in [9.17, 15) is 4.79 Å². The van der Waals surface area contributed by atoms with E-state index in [1.165, 1.54) is 24.8 Å². The van der Waals surface area contributed by atoms with Crippen LogP contribution in [0.3, 0.4) is 0 Å². The number of nitrogens with one attached hydrogen (secondary N) is 2. The summed E-state index contributed by atoms with van der Waals surface area (Å²) in [7, 11) is 0. The van der Waals surface area contributed by atoms with Crippen LogP contribution in [0.5, 0.6) is 0 Å². The fourth-order valence-corrected chi connectivity index (χ4v) is 4.94. The summed E-state index contributed by atoms with van der Waals surface area (Å²) in [6, 6.07) is 10.4. The summed E-state index contributed by atoms with van der Waals surface area (Å²) in [5.41, 5.74) is 4.33. The number of hydrogen-bond acceptors (Lipinski definition) is 3. The Morgan fingerprint density at radius 3 is 2.93 bits per heavy atom. The first kappa shape index (κ1) is 18.2. The fourth-order valence-electron chi connectivity index (χ4n) is 4.94. The summed E-state index contributed by atoms with van der Waals surface area (Å²) in [5, 5.41) is 11.4. The zero-order valence-electron chi connectivity index (χ0n) is 16.4. The second-order valence-electron chi connectivity index (χ2n) is 8.21. The highest BCUT2D eigenvalue weighted by molar-refractivity contribution is 5.84. The lowest BCUT2D eigenvalue weighted by atomic mass is 9.67. The van der Waals surface area contributed by atoms with Crippen LogP contribution in [0.2, 0.25) is 0 Å². The summed E-state index contributed by atoms with van der Waals surface area (Å²) < 4.78 is 2.05. The molecule has 1 amide bonds. The molecule has 1 aromatic heterocycles. The van der Waals surface area contributed by atoms with E-state index >= 15 is 0 Å². The summed E-state index contributed by atoms with van der Waals surface area (Å²) in [4.78, 5) is 13.1. The highest BCUT2D eigenvalue weighted by atomic mass is 16.2. The van der Waals surface area contributed by atoms with Crippen molar-refractivity contribution in [2.75, 3.05) is 13.1 Å². The summed E-state index contributed by atoms with van der Waals surface area (Å²) in [6.07, 6.45) is 4.61. The van der Waals surface area contributed by atoms with Gasteiger partial charge in [-0.3, -0.25) is 9.48 Å². The van der Waals surface area contributed by atoms with Crippen LogP contribution in [0.15, 0.2) is 30.3 Å². The Balaban J connectivity index is 1.46. The number of amides is 1. The molecule has 2 aromatic rings. The van der Waals surface area contributed by atoms with Crippen LogP contribution in [0.25, 0.3) is 0 Å². The zero-order valence-corrected chi connectivity index (χ0v) is 16.4. The molecule has 0 bridgehead atoms. The van der Waals surface area contributed by atoms with Crippen molar-refractivity contribution in [3.05, 3.63) is 52.8 Å². The highest BCUT2D eigenvalue weighted by Gasteiger charge is 2.49. The van der Waals surface area contributed by atoms with Crippen molar-refractivity contribution < 1.29 is 4.79 Å². The Labute approximate surface area is 161 Å². The first-order chi connectivity index (χ1) is 13.1. The van der Waals surface area contributed by atoms with Crippen LogP contribution in [0, 0.1) is 25.2 Å². The van der Waals surface area contributed by atoms with Gasteiger partial charge in [0.1, 0.15) is 0 Å². The molecule has 1 saturated heterocycles. The van der Waals surface area contributed by atoms with E-state index in [4.69, 9.17) is 5.10 Å². The van der Waals surface area contributed by atoms with E-state index < -0.39 is 0 Å². The summed E-state index contributed by atoms with van der Waals surface area (Å²) in [6.45, 7) is 7.28. The minimum atomic E-state index is -0.194. The minimum absolute atomic E-state index is 0.194. The average molecular weight is 367 g/mol. The van der Waals surface area contributed by atoms with E-state index in [2.05, 4.69) is 41.8 Å². The molecule has 2 heterocycles. The molecule has 5 nitrogen and oxygen atoms in total. The Hall–Kier alpha value is -2.14. The number of nitrogens with zero attached hydrogens (tertiary/aromatic N) is 2. The number of aromatic nitrogens is 2. The smallest absolute Gasteiger partial charge is 0.228 e. The molecule has 2 aliphatic rings. The van der Waals surface area contributed by atoms with E-state index in [-0.39, 0.29) is 11.3 Å². The Morgan fingerprint density at radius 2 is 2.11 bits per heavy atom. The van der Waals surface area contributed by atoms with Gasteiger partial charge in [-0.1, -0.05) is 43.2 Å². The van der Waals surface area contributed by atoms with Crippen LogP contribution in [0.4, 0.5) is 0 Å². The number of carbonyl (C=O) groups is 1. The molecular formula is C22H30N4O. The lowest BCUT2D eigenvalue weighted by molar-refractivity contribution is -0.134. The largest absolute Gasteiger partial charge is 0.351 e. The standard InChI is InChI=1S/C22H30N4O/c1-16-20(17(2)26(25-16)14-18-8-4-3-5-9-18)13-24-21(27)22-11-7-6-10-19(22)12-23-15-22/h3-5,8-9,19,23H,6-7,10-15H2,1-2H3,(H,24,27)/t19-,22+/m0/s1. The van der Waals surface area contributed by atoms with Crippen LogP contribution < -0.4 is 10.6 Å². The average Bonchev–Trinajstić information content (AvgIpc) is 3.23. The highest BCUT2D eigenvalue weighted by Crippen LogP contribution is 2.43. The van der Waals surface area contributed by atoms with Crippen LogP contribution in [-0.2, 0) is 17.9 Å². The van der Waals surface area contributed by atoms with Gasteiger partial charge in [0.15, 0.2) is 0 Å². The topological polar surface area (TPSA) is 59.0 Å². The normalized spacial score (nSPS) is 24.6. The number of rotatable bonds is 5. The van der Waals surface area contributed by atoms with Crippen molar-refractivity contribution in [1.29, 1.82) is 0 Å². The molecule has 27 heavy (non-hydrogen) atoms. The van der Waals surface area contributed by atoms with Crippen LogP contribution in [-0.4, -0.2) is 28.8 Å². The first-order valence-corrected chi connectivity index (χ1v) is 10.2. The third-order valence-corrected chi connectivity index (χ3v) is 6.62. The van der Waals surface area contributed by atoms with Gasteiger partial charge in [-0.05, 0) is 44.7 Å². The van der Waals surface area contributed by atoms with Gasteiger partial charge in [0.05, 0.1) is 17.7 Å². The van der Waals surface area contributed by atoms with Crippen molar-refractivity contribution in [3.63, 3.8) is 0 Å². The molecule has 0 radical (unpaired) electrons. The molecule has 144 valence electrons. The van der Waals surface area contributed by atoms with Crippen molar-refractivity contribution in [1.82, 2.24) is 20.4 Å². The second kappa shape index (κ2) is 7.47. The van der Waals surface area contributed by atoms with Gasteiger partial charge in [-0.25, -0.2) is 0 Å². The molecular weight excluding hydrogens is 336 g/mol. The zero-order chi connectivity index (χ0) is 18.9. The first-order valence-electron chi connectivity index (χ1n) is 10.2. The molecule has 5 heteroatoms.